The molecule has 2 N–H and O–H groups in total. The van der Waals surface area contributed by atoms with E-state index in [1.807, 2.05) is 30.3 Å². The van der Waals surface area contributed by atoms with E-state index >= 15 is 0 Å². The van der Waals surface area contributed by atoms with Crippen LogP contribution >= 0.6 is 0 Å². The molecule has 2 rings (SSSR count). The molecule has 19 heavy (non-hydrogen) atoms. The van der Waals surface area contributed by atoms with E-state index in [9.17, 15) is 0 Å². The topological polar surface area (TPSA) is 51.6 Å². The molecule has 0 unspecified atom stereocenters. The van der Waals surface area contributed by atoms with Gasteiger partial charge in [-0.2, -0.15) is 0 Å². The van der Waals surface area contributed by atoms with Gasteiger partial charge in [0.1, 0.15) is 12.4 Å². The second kappa shape index (κ2) is 6.97. The first kappa shape index (κ1) is 13.6. The summed E-state index contributed by atoms with van der Waals surface area (Å²) in [5.74, 6) is 0.877. The van der Waals surface area contributed by atoms with Crippen molar-refractivity contribution in [2.45, 2.75) is 13.1 Å². The van der Waals surface area contributed by atoms with Gasteiger partial charge in [0.25, 0.3) is 0 Å². The molecule has 0 aliphatic carbocycles. The normalized spacial score (nSPS) is 10.9. The predicted octanol–water partition coefficient (Wildman–Crippen LogP) is 2.25. The van der Waals surface area contributed by atoms with Crippen LogP contribution in [0.2, 0.25) is 0 Å². The molecule has 0 aliphatic heterocycles. The van der Waals surface area contributed by atoms with Crippen LogP contribution in [-0.4, -0.2) is 25.1 Å². The highest BCUT2D eigenvalue weighted by Crippen LogP contribution is 2.16. The molecule has 4 heteroatoms. The molecule has 0 bridgehead atoms. The van der Waals surface area contributed by atoms with Crippen LogP contribution in [0.1, 0.15) is 11.1 Å². The van der Waals surface area contributed by atoms with Gasteiger partial charge in [0.15, 0.2) is 0 Å². The van der Waals surface area contributed by atoms with Crippen LogP contribution in [0.3, 0.4) is 0 Å². The molecule has 0 spiro atoms. The van der Waals surface area contributed by atoms with Crippen molar-refractivity contribution in [1.29, 1.82) is 0 Å². The number of hydrogen-bond acceptors (Lipinski definition) is 4. The zero-order valence-electron chi connectivity index (χ0n) is 11.2. The quantitative estimate of drug-likeness (QED) is 0.829. The molecular formula is C15H20N2O2. The minimum atomic E-state index is 0.501. The number of likely N-dealkylation sites (N-methyl/N-ethyl adjacent to an activating group) is 1. The minimum Gasteiger partial charge on any atom is -0.492 e. The Hall–Kier alpha value is -1.78. The van der Waals surface area contributed by atoms with Crippen molar-refractivity contribution in [3.63, 3.8) is 0 Å². The maximum Gasteiger partial charge on any atom is 0.123 e. The Morgan fingerprint density at radius 1 is 1.26 bits per heavy atom. The van der Waals surface area contributed by atoms with Gasteiger partial charge in [0.05, 0.1) is 12.5 Å². The van der Waals surface area contributed by atoms with Gasteiger partial charge in [-0.15, -0.1) is 0 Å². The average molecular weight is 260 g/mol. The molecule has 1 aromatic carbocycles. The average Bonchev–Trinajstić information content (AvgIpc) is 2.92. The van der Waals surface area contributed by atoms with Crippen LogP contribution in [0.25, 0.3) is 0 Å². The minimum absolute atomic E-state index is 0.501. The number of furan rings is 1. The van der Waals surface area contributed by atoms with Crippen LogP contribution in [-0.2, 0) is 13.1 Å². The lowest BCUT2D eigenvalue weighted by Crippen LogP contribution is -2.23. The molecule has 0 saturated carbocycles. The van der Waals surface area contributed by atoms with Crippen molar-refractivity contribution in [2.24, 2.45) is 5.73 Å². The van der Waals surface area contributed by atoms with E-state index in [4.69, 9.17) is 14.9 Å². The number of rotatable bonds is 7. The third-order valence-electron chi connectivity index (χ3n) is 2.96. The van der Waals surface area contributed by atoms with Crippen LogP contribution in [0.5, 0.6) is 5.75 Å². The smallest absolute Gasteiger partial charge is 0.123 e. The molecule has 0 amide bonds. The maximum absolute atomic E-state index is 5.77. The Kier molecular flexibility index (Phi) is 5.01. The van der Waals surface area contributed by atoms with E-state index in [-0.39, 0.29) is 0 Å². The van der Waals surface area contributed by atoms with Crippen LogP contribution in [0.4, 0.5) is 0 Å². The van der Waals surface area contributed by atoms with Gasteiger partial charge in [0.2, 0.25) is 0 Å². The number of nitrogens with zero attached hydrogens (tertiary/aromatic N) is 1. The molecule has 4 nitrogen and oxygen atoms in total. The van der Waals surface area contributed by atoms with E-state index in [1.165, 1.54) is 5.56 Å². The Bertz CT molecular complexity index is 483. The number of hydrogen-bond donors (Lipinski definition) is 1. The van der Waals surface area contributed by atoms with Crippen molar-refractivity contribution >= 4 is 0 Å². The Labute approximate surface area is 113 Å². The van der Waals surface area contributed by atoms with Crippen LogP contribution in [0.15, 0.2) is 47.3 Å². The Morgan fingerprint density at radius 3 is 2.84 bits per heavy atom. The maximum atomic E-state index is 5.77. The molecule has 0 atom stereocenters. The molecule has 1 aromatic heterocycles. The number of ether oxygens (including phenoxy) is 1. The van der Waals surface area contributed by atoms with Gasteiger partial charge in [-0.1, -0.05) is 18.2 Å². The molecule has 0 aliphatic rings. The second-order valence-corrected chi connectivity index (χ2v) is 4.53. The lowest BCUT2D eigenvalue weighted by atomic mass is 10.2. The fraction of sp³-hybridized carbons (Fsp3) is 0.333. The fourth-order valence-electron chi connectivity index (χ4n) is 1.90. The van der Waals surface area contributed by atoms with E-state index in [1.54, 1.807) is 12.5 Å². The molecule has 0 saturated heterocycles. The highest BCUT2D eigenvalue weighted by Gasteiger charge is 2.04. The van der Waals surface area contributed by atoms with Crippen molar-refractivity contribution in [3.8, 4) is 5.75 Å². The van der Waals surface area contributed by atoms with E-state index in [2.05, 4.69) is 11.9 Å². The first-order valence-corrected chi connectivity index (χ1v) is 6.40. The third-order valence-corrected chi connectivity index (χ3v) is 2.96. The summed E-state index contributed by atoms with van der Waals surface area (Å²) in [6.07, 6.45) is 3.46. The van der Waals surface area contributed by atoms with Gasteiger partial charge in [-0.25, -0.2) is 0 Å². The second-order valence-electron chi connectivity index (χ2n) is 4.53. The van der Waals surface area contributed by atoms with E-state index < -0.39 is 0 Å². The van der Waals surface area contributed by atoms with Crippen LogP contribution in [0, 0.1) is 0 Å². The first-order valence-electron chi connectivity index (χ1n) is 6.40. The van der Waals surface area contributed by atoms with E-state index in [0.29, 0.717) is 13.2 Å². The van der Waals surface area contributed by atoms with Crippen molar-refractivity contribution in [2.75, 3.05) is 20.2 Å². The van der Waals surface area contributed by atoms with Gasteiger partial charge in [-0.05, 0) is 19.2 Å². The van der Waals surface area contributed by atoms with Gasteiger partial charge in [-0.3, -0.25) is 4.90 Å². The van der Waals surface area contributed by atoms with Crippen molar-refractivity contribution in [1.82, 2.24) is 4.90 Å². The number of nitrogens with two attached hydrogens (primary N) is 1. The fourth-order valence-corrected chi connectivity index (χ4v) is 1.90. The largest absolute Gasteiger partial charge is 0.492 e. The zero-order valence-corrected chi connectivity index (χ0v) is 11.2. The lowest BCUT2D eigenvalue weighted by Gasteiger charge is -2.17. The van der Waals surface area contributed by atoms with Gasteiger partial charge >= 0.3 is 0 Å². The highest BCUT2D eigenvalue weighted by atomic mass is 16.5. The predicted molar refractivity (Wildman–Crippen MR) is 74.9 cm³/mol. The standard InChI is InChI=1S/C15H20N2O2/c1-17(11-13-6-8-18-12-13)7-9-19-15-5-3-2-4-14(15)10-16/h2-6,8,12H,7,9-11,16H2,1H3. The van der Waals surface area contributed by atoms with E-state index in [0.717, 1.165) is 24.4 Å². The summed E-state index contributed by atoms with van der Waals surface area (Å²) in [5, 5.41) is 0. The SMILES string of the molecule is CN(CCOc1ccccc1CN)Cc1ccoc1. The van der Waals surface area contributed by atoms with Crippen molar-refractivity contribution in [3.05, 3.63) is 54.0 Å². The van der Waals surface area contributed by atoms with Gasteiger partial charge < -0.3 is 14.9 Å². The summed E-state index contributed by atoms with van der Waals surface area (Å²) < 4.78 is 10.8. The summed E-state index contributed by atoms with van der Waals surface area (Å²) in [5.41, 5.74) is 7.88. The summed E-state index contributed by atoms with van der Waals surface area (Å²) in [4.78, 5) is 2.19. The molecular weight excluding hydrogens is 240 g/mol. The highest BCUT2D eigenvalue weighted by molar-refractivity contribution is 5.32. The molecule has 1 heterocycles. The summed E-state index contributed by atoms with van der Waals surface area (Å²) >= 11 is 0. The third kappa shape index (κ3) is 4.12. The molecule has 2 aromatic rings. The Balaban J connectivity index is 1.76. The van der Waals surface area contributed by atoms with Gasteiger partial charge in [0, 0.05) is 30.8 Å². The van der Waals surface area contributed by atoms with Crippen molar-refractivity contribution < 1.29 is 9.15 Å². The summed E-state index contributed by atoms with van der Waals surface area (Å²) in [6.45, 7) is 2.86. The Morgan fingerprint density at radius 2 is 2.11 bits per heavy atom. The lowest BCUT2D eigenvalue weighted by molar-refractivity contribution is 0.231. The number of benzene rings is 1. The summed E-state index contributed by atoms with van der Waals surface area (Å²) in [7, 11) is 2.06. The summed E-state index contributed by atoms with van der Waals surface area (Å²) in [6, 6.07) is 9.85. The zero-order chi connectivity index (χ0) is 13.5. The monoisotopic (exact) mass is 260 g/mol. The molecule has 102 valence electrons. The number of para-hydroxylation sites is 1. The van der Waals surface area contributed by atoms with Crippen LogP contribution < -0.4 is 10.5 Å². The molecule has 0 radical (unpaired) electrons. The molecule has 0 fully saturated rings. The first-order chi connectivity index (χ1) is 9.29.